The van der Waals surface area contributed by atoms with Gasteiger partial charge in [-0.05, 0) is 78.1 Å². The fourth-order valence-corrected chi connectivity index (χ4v) is 9.96. The number of benzene rings is 7. The molecule has 0 amide bonds. The molecular weight excluding hydrogens is 1200 g/mol. The number of aromatic nitrogens is 7. The first-order chi connectivity index (χ1) is 32.7. The van der Waals surface area contributed by atoms with Crippen molar-refractivity contribution in [3.05, 3.63) is 200 Å². The number of hydrogen-bond acceptors (Lipinski definition) is 6. The summed E-state index contributed by atoms with van der Waals surface area (Å²) in [6.07, 6.45) is 6.53. The Labute approximate surface area is 418 Å². The van der Waals surface area contributed by atoms with Crippen LogP contribution in [0.2, 0.25) is 0 Å². The number of nitrogens with zero attached hydrogens (tertiary/aromatic N) is 7. The van der Waals surface area contributed by atoms with E-state index in [9.17, 15) is 0 Å². The second-order valence-corrected chi connectivity index (χ2v) is 16.6. The van der Waals surface area contributed by atoms with E-state index in [1.807, 2.05) is 77.4 Å². The first kappa shape index (κ1) is 41.9. The minimum absolute atomic E-state index is 0. The summed E-state index contributed by atoms with van der Waals surface area (Å²) in [6, 6.07) is 65.4. The first-order valence-corrected chi connectivity index (χ1v) is 22.0. The second kappa shape index (κ2) is 16.7. The summed E-state index contributed by atoms with van der Waals surface area (Å²) in [6.45, 7) is 0. The normalized spacial score (nSPS) is 12.3. The molecule has 13 aromatic rings. The topological polar surface area (TPSA) is 84.8 Å². The van der Waals surface area contributed by atoms with Crippen LogP contribution in [-0.2, 0) is 55.0 Å². The number of rotatable bonds is 7. The van der Waals surface area contributed by atoms with Crippen LogP contribution in [-0.4, -0.2) is 33.6 Å². The third-order valence-corrected chi connectivity index (χ3v) is 12.8. The van der Waals surface area contributed by atoms with E-state index in [0.717, 1.165) is 113 Å². The zero-order valence-electron chi connectivity index (χ0n) is 35.8. The van der Waals surface area contributed by atoms with Gasteiger partial charge in [0, 0.05) is 51.8 Å². The third-order valence-electron chi connectivity index (χ3n) is 12.8. The maximum absolute atomic E-state index is 6.67. The number of hydrogen-bond donors (Lipinski definition) is 0. The number of para-hydroxylation sites is 2. The summed E-state index contributed by atoms with van der Waals surface area (Å²) in [5.74, 6) is 4.31. The Kier molecular flexibility index (Phi) is 10.3. The quantitative estimate of drug-likeness (QED) is 0.148. The molecule has 6 heterocycles. The van der Waals surface area contributed by atoms with Gasteiger partial charge in [0.1, 0.15) is 11.6 Å². The molecule has 9 nitrogen and oxygen atoms in total. The van der Waals surface area contributed by atoms with Crippen LogP contribution in [0, 0.1) is 24.3 Å². The molecule has 68 heavy (non-hydrogen) atoms. The molecule has 0 aliphatic heterocycles. The molecular formula is C57H33N7O2Pt2. The van der Waals surface area contributed by atoms with Crippen molar-refractivity contribution in [1.82, 2.24) is 33.6 Å². The van der Waals surface area contributed by atoms with Crippen molar-refractivity contribution in [3.8, 4) is 40.6 Å². The van der Waals surface area contributed by atoms with Crippen LogP contribution in [0.25, 0.3) is 93.9 Å². The molecule has 0 fully saturated rings. The van der Waals surface area contributed by atoms with Crippen molar-refractivity contribution in [2.75, 3.05) is 0 Å². The minimum atomic E-state index is 0. The Morgan fingerprint density at radius 3 is 1.38 bits per heavy atom. The van der Waals surface area contributed by atoms with E-state index < -0.39 is 0 Å². The number of aryl methyl sites for hydroxylation is 2. The number of pyridine rings is 2. The van der Waals surface area contributed by atoms with Gasteiger partial charge in [-0.3, -0.25) is 0 Å². The maximum atomic E-state index is 6.67. The van der Waals surface area contributed by atoms with Gasteiger partial charge < -0.3 is 23.2 Å². The molecule has 11 heteroatoms. The second-order valence-electron chi connectivity index (χ2n) is 16.6. The Bertz CT molecular complexity index is 3890. The number of fused-ring (bicyclic) bond motifs is 9. The van der Waals surface area contributed by atoms with E-state index in [0.29, 0.717) is 28.9 Å². The summed E-state index contributed by atoms with van der Waals surface area (Å²) < 4.78 is 19.6. The van der Waals surface area contributed by atoms with Crippen molar-refractivity contribution < 1.29 is 51.6 Å². The molecule has 0 saturated carbocycles. The van der Waals surface area contributed by atoms with Crippen LogP contribution in [0.5, 0.6) is 23.0 Å². The largest absolute Gasteiger partial charge is 2.00 e. The van der Waals surface area contributed by atoms with Gasteiger partial charge >= 0.3 is 42.1 Å². The summed E-state index contributed by atoms with van der Waals surface area (Å²) in [5.41, 5.74) is 8.60. The Balaban J connectivity index is 0.00000240. The van der Waals surface area contributed by atoms with Crippen LogP contribution in [0.4, 0.5) is 0 Å². The summed E-state index contributed by atoms with van der Waals surface area (Å²) in [5, 5.41) is 7.41. The molecule has 0 unspecified atom stereocenters. The molecule has 0 N–H and O–H groups in total. The molecule has 0 radical (unpaired) electrons. The zero-order valence-corrected chi connectivity index (χ0v) is 40.3. The van der Waals surface area contributed by atoms with E-state index in [-0.39, 0.29) is 42.1 Å². The third kappa shape index (κ3) is 6.67. The van der Waals surface area contributed by atoms with Gasteiger partial charge in [-0.1, -0.05) is 82.7 Å². The van der Waals surface area contributed by atoms with E-state index in [4.69, 9.17) is 29.4 Å². The Morgan fingerprint density at radius 1 is 0.412 bits per heavy atom. The number of ether oxygens (including phenoxy) is 2. The molecule has 0 saturated heterocycles. The summed E-state index contributed by atoms with van der Waals surface area (Å²) in [4.78, 5) is 19.9. The van der Waals surface area contributed by atoms with Gasteiger partial charge in [-0.25, -0.2) is 19.9 Å². The Hall–Kier alpha value is -7.44. The van der Waals surface area contributed by atoms with Crippen LogP contribution in [0.15, 0.2) is 164 Å². The smallest absolute Gasteiger partial charge is 0.509 e. The predicted octanol–water partition coefficient (Wildman–Crippen LogP) is 13.0. The van der Waals surface area contributed by atoms with Crippen molar-refractivity contribution in [1.29, 1.82) is 0 Å². The molecule has 7 aromatic carbocycles. The van der Waals surface area contributed by atoms with Gasteiger partial charge in [-0.2, -0.15) is 35.0 Å². The average Bonchev–Trinajstić information content (AvgIpc) is 3.99. The minimum Gasteiger partial charge on any atom is -0.509 e. The van der Waals surface area contributed by atoms with E-state index in [1.165, 1.54) is 5.56 Å². The monoisotopic (exact) mass is 1240 g/mol. The van der Waals surface area contributed by atoms with E-state index in [2.05, 4.69) is 112 Å². The van der Waals surface area contributed by atoms with Crippen molar-refractivity contribution in [2.45, 2.75) is 19.3 Å². The first-order valence-electron chi connectivity index (χ1n) is 22.0. The summed E-state index contributed by atoms with van der Waals surface area (Å²) >= 11 is 0. The molecule has 1 aliphatic rings. The van der Waals surface area contributed by atoms with Gasteiger partial charge in [-0.15, -0.1) is 59.3 Å². The van der Waals surface area contributed by atoms with E-state index >= 15 is 0 Å². The molecule has 0 bridgehead atoms. The molecule has 328 valence electrons. The van der Waals surface area contributed by atoms with Gasteiger partial charge in [0.15, 0.2) is 0 Å². The predicted molar refractivity (Wildman–Crippen MR) is 259 cm³/mol. The van der Waals surface area contributed by atoms with Gasteiger partial charge in [0.05, 0.1) is 11.2 Å². The zero-order chi connectivity index (χ0) is 43.3. The van der Waals surface area contributed by atoms with Crippen LogP contribution >= 0.6 is 0 Å². The standard InChI is InChI=1S/C57H33N7O2.2Pt/c1-3-17-48-40(13-1)42-25-21-36(31-50(42)62(48)54-19-5-7-29-58-54)65-38-23-27-44-45-28-24-39(34-53(45)64(52(44)33-38)57-60-46-15-9-11-35-12-10-16-47(61-57)56(35)46)66-37-22-26-43-41-14-2-4-18-49(41)63(51(43)32-37)55-20-6-8-30-59-55;;/h1-9,11,13-15,17-30H,10,12,16H2;;/q-4;2*+2. The van der Waals surface area contributed by atoms with Crippen molar-refractivity contribution in [3.63, 3.8) is 0 Å². The molecule has 6 aromatic heterocycles. The fraction of sp³-hybridized carbons (Fsp3) is 0.0526. The van der Waals surface area contributed by atoms with Gasteiger partial charge in [0.25, 0.3) is 0 Å². The fourth-order valence-electron chi connectivity index (χ4n) is 9.96. The van der Waals surface area contributed by atoms with Crippen molar-refractivity contribution >= 4 is 76.3 Å². The maximum Gasteiger partial charge on any atom is 2.00 e. The average molecular weight is 1240 g/mol. The SMILES string of the molecule is [Pt+2].[Pt+2].[c-]1c(Oc2[c-]c3c(cc2)c2ccccc2n3-c2ccccn2)ccc2c3ccc(Oc4[c-]c5c(cc4)c4ccccc4n5-c4ccccn4)[c-]c3n(-c3nc4c5c(cccc5n3)CCC4)c12. The van der Waals surface area contributed by atoms with Crippen LogP contribution in [0.1, 0.15) is 17.7 Å². The molecule has 14 rings (SSSR count). The van der Waals surface area contributed by atoms with Crippen LogP contribution < -0.4 is 9.47 Å². The van der Waals surface area contributed by atoms with Crippen LogP contribution in [0.3, 0.4) is 0 Å². The summed E-state index contributed by atoms with van der Waals surface area (Å²) in [7, 11) is 0. The molecule has 1 aliphatic carbocycles. The molecule has 0 atom stereocenters. The van der Waals surface area contributed by atoms with Gasteiger partial charge in [0.2, 0.25) is 5.95 Å². The Morgan fingerprint density at radius 2 is 0.882 bits per heavy atom. The molecule has 0 spiro atoms. The van der Waals surface area contributed by atoms with E-state index in [1.54, 1.807) is 12.4 Å². The van der Waals surface area contributed by atoms with Crippen molar-refractivity contribution in [2.24, 2.45) is 0 Å².